The van der Waals surface area contributed by atoms with E-state index in [2.05, 4.69) is 19.8 Å². The standard InChI is InChI=1S/C17H16F5N3O3.HI/c18-15(19)27-13-3-1-2-10(8-13)14(26)9-24-16(23)25-11-4-6-12(7-5-11)28-17(20,21)22;/h1-8,14-15,26H,9H2,(H3,23,24,25);1H. The van der Waals surface area contributed by atoms with Crippen LogP contribution in [-0.2, 0) is 0 Å². The quantitative estimate of drug-likeness (QED) is 0.214. The fourth-order valence-corrected chi connectivity index (χ4v) is 2.12. The SMILES string of the molecule is I.NC(=NCC(O)c1cccc(OC(F)F)c1)Nc1ccc(OC(F)(F)F)cc1. The smallest absolute Gasteiger partial charge is 0.435 e. The van der Waals surface area contributed by atoms with Crippen molar-refractivity contribution in [3.63, 3.8) is 0 Å². The number of halogens is 6. The molecule has 2 aromatic rings. The van der Waals surface area contributed by atoms with Gasteiger partial charge in [0.25, 0.3) is 0 Å². The van der Waals surface area contributed by atoms with Gasteiger partial charge in [-0.1, -0.05) is 12.1 Å². The van der Waals surface area contributed by atoms with Gasteiger partial charge in [0.15, 0.2) is 5.96 Å². The summed E-state index contributed by atoms with van der Waals surface area (Å²) in [5, 5.41) is 12.7. The first-order chi connectivity index (χ1) is 13.1. The maximum Gasteiger partial charge on any atom is 0.573 e. The number of aliphatic hydroxyl groups is 1. The van der Waals surface area contributed by atoms with Crippen LogP contribution in [0.4, 0.5) is 27.6 Å². The van der Waals surface area contributed by atoms with Crippen LogP contribution >= 0.6 is 24.0 Å². The Morgan fingerprint density at radius 2 is 1.76 bits per heavy atom. The topological polar surface area (TPSA) is 89.1 Å². The highest BCUT2D eigenvalue weighted by Crippen LogP contribution is 2.24. The van der Waals surface area contributed by atoms with Crippen LogP contribution in [0.25, 0.3) is 0 Å². The molecule has 1 unspecified atom stereocenters. The van der Waals surface area contributed by atoms with Crippen LogP contribution in [0.5, 0.6) is 11.5 Å². The number of hydrogen-bond acceptors (Lipinski definition) is 4. The van der Waals surface area contributed by atoms with E-state index < -0.39 is 24.8 Å². The molecule has 6 nitrogen and oxygen atoms in total. The van der Waals surface area contributed by atoms with E-state index in [0.717, 1.165) is 12.1 Å². The van der Waals surface area contributed by atoms with E-state index in [4.69, 9.17) is 5.73 Å². The minimum absolute atomic E-state index is 0. The Hall–Kier alpha value is -2.35. The first-order valence-electron chi connectivity index (χ1n) is 7.78. The number of rotatable bonds is 7. The Kier molecular flexibility index (Phi) is 9.36. The van der Waals surface area contributed by atoms with Crippen molar-refractivity contribution in [1.29, 1.82) is 0 Å². The summed E-state index contributed by atoms with van der Waals surface area (Å²) in [6, 6.07) is 10.3. The molecule has 2 aromatic carbocycles. The molecule has 2 rings (SSSR count). The second kappa shape index (κ2) is 11.0. The molecule has 0 saturated carbocycles. The third kappa shape index (κ3) is 9.13. The largest absolute Gasteiger partial charge is 0.573 e. The summed E-state index contributed by atoms with van der Waals surface area (Å²) < 4.78 is 68.8. The molecule has 160 valence electrons. The zero-order valence-electron chi connectivity index (χ0n) is 14.6. The molecular formula is C17H17F5IN3O3. The molecule has 29 heavy (non-hydrogen) atoms. The maximum absolute atomic E-state index is 12.2. The summed E-state index contributed by atoms with van der Waals surface area (Å²) in [6.07, 6.45) is -5.92. The number of anilines is 1. The number of hydrogen-bond donors (Lipinski definition) is 3. The third-order valence-electron chi connectivity index (χ3n) is 3.26. The third-order valence-corrected chi connectivity index (χ3v) is 3.26. The Morgan fingerprint density at radius 1 is 1.10 bits per heavy atom. The van der Waals surface area contributed by atoms with E-state index in [-0.39, 0.29) is 42.2 Å². The fraction of sp³-hybridized carbons (Fsp3) is 0.235. The van der Waals surface area contributed by atoms with Gasteiger partial charge in [-0.25, -0.2) is 0 Å². The van der Waals surface area contributed by atoms with Gasteiger partial charge >= 0.3 is 13.0 Å². The zero-order chi connectivity index (χ0) is 20.7. The van der Waals surface area contributed by atoms with Gasteiger partial charge in [0.05, 0.1) is 12.6 Å². The normalized spacial score (nSPS) is 12.9. The summed E-state index contributed by atoms with van der Waals surface area (Å²) >= 11 is 0. The van der Waals surface area contributed by atoms with Gasteiger partial charge in [0, 0.05) is 5.69 Å². The molecule has 0 saturated heterocycles. The van der Waals surface area contributed by atoms with Crippen LogP contribution in [0.3, 0.4) is 0 Å². The molecule has 0 heterocycles. The van der Waals surface area contributed by atoms with Crippen molar-refractivity contribution in [2.24, 2.45) is 10.7 Å². The predicted molar refractivity (Wildman–Crippen MR) is 107 cm³/mol. The van der Waals surface area contributed by atoms with Gasteiger partial charge in [-0.15, -0.1) is 37.1 Å². The van der Waals surface area contributed by atoms with Crippen molar-refractivity contribution in [3.8, 4) is 11.5 Å². The molecule has 0 bridgehead atoms. The lowest BCUT2D eigenvalue weighted by molar-refractivity contribution is -0.274. The van der Waals surface area contributed by atoms with Crippen molar-refractivity contribution >= 4 is 35.6 Å². The second-order valence-electron chi connectivity index (χ2n) is 5.39. The summed E-state index contributed by atoms with van der Waals surface area (Å²) in [5.41, 5.74) is 6.30. The number of nitrogens with two attached hydrogens (primary N) is 1. The number of alkyl halides is 5. The first-order valence-corrected chi connectivity index (χ1v) is 7.78. The molecule has 0 fully saturated rings. The highest BCUT2D eigenvalue weighted by atomic mass is 127. The molecule has 0 aliphatic rings. The van der Waals surface area contributed by atoms with Gasteiger partial charge in [0.1, 0.15) is 11.5 Å². The number of guanidine groups is 1. The van der Waals surface area contributed by atoms with Crippen molar-refractivity contribution < 1.29 is 36.5 Å². The van der Waals surface area contributed by atoms with E-state index in [1.54, 1.807) is 0 Å². The van der Waals surface area contributed by atoms with Gasteiger partial charge in [-0.2, -0.15) is 8.78 Å². The first kappa shape index (κ1) is 24.7. The van der Waals surface area contributed by atoms with E-state index in [0.29, 0.717) is 11.3 Å². The number of nitrogens with one attached hydrogen (secondary N) is 1. The second-order valence-corrected chi connectivity index (χ2v) is 5.39. The van der Waals surface area contributed by atoms with Crippen LogP contribution in [0.2, 0.25) is 0 Å². The molecule has 0 aromatic heterocycles. The molecule has 0 amide bonds. The number of benzene rings is 2. The minimum atomic E-state index is -4.79. The number of ether oxygens (including phenoxy) is 2. The molecule has 0 aliphatic heterocycles. The zero-order valence-corrected chi connectivity index (χ0v) is 16.9. The number of aliphatic imine (C=N–C) groups is 1. The van der Waals surface area contributed by atoms with Crippen molar-refractivity contribution in [2.75, 3.05) is 11.9 Å². The molecule has 0 aliphatic carbocycles. The predicted octanol–water partition coefficient (Wildman–Crippen LogP) is 4.26. The molecule has 1 atom stereocenters. The average Bonchev–Trinajstić information content (AvgIpc) is 2.60. The van der Waals surface area contributed by atoms with Gasteiger partial charge < -0.3 is 25.6 Å². The average molecular weight is 533 g/mol. The minimum Gasteiger partial charge on any atom is -0.435 e. The van der Waals surface area contributed by atoms with Crippen LogP contribution in [0, 0.1) is 0 Å². The van der Waals surface area contributed by atoms with Crippen molar-refractivity contribution in [1.82, 2.24) is 0 Å². The van der Waals surface area contributed by atoms with Gasteiger partial charge in [-0.05, 0) is 42.0 Å². The van der Waals surface area contributed by atoms with Gasteiger partial charge in [0.2, 0.25) is 0 Å². The van der Waals surface area contributed by atoms with Crippen LogP contribution < -0.4 is 20.5 Å². The van der Waals surface area contributed by atoms with Crippen molar-refractivity contribution in [2.45, 2.75) is 19.1 Å². The lowest BCUT2D eigenvalue weighted by Gasteiger charge is -2.12. The summed E-state index contributed by atoms with van der Waals surface area (Å²) in [7, 11) is 0. The molecule has 0 spiro atoms. The van der Waals surface area contributed by atoms with E-state index in [9.17, 15) is 27.1 Å². The van der Waals surface area contributed by atoms with E-state index >= 15 is 0 Å². The summed E-state index contributed by atoms with van der Waals surface area (Å²) in [4.78, 5) is 3.90. The van der Waals surface area contributed by atoms with E-state index in [1.165, 1.54) is 36.4 Å². The molecule has 12 heteroatoms. The Labute approximate surface area is 179 Å². The van der Waals surface area contributed by atoms with E-state index in [1.807, 2.05) is 0 Å². The summed E-state index contributed by atoms with van der Waals surface area (Å²) in [6.45, 7) is -3.18. The van der Waals surface area contributed by atoms with Crippen LogP contribution in [0.1, 0.15) is 11.7 Å². The lowest BCUT2D eigenvalue weighted by atomic mass is 10.1. The monoisotopic (exact) mass is 533 g/mol. The Morgan fingerprint density at radius 3 is 2.34 bits per heavy atom. The Balaban J connectivity index is 0.00000420. The van der Waals surface area contributed by atoms with Crippen LogP contribution in [-0.4, -0.2) is 30.6 Å². The highest BCUT2D eigenvalue weighted by molar-refractivity contribution is 14.0. The van der Waals surface area contributed by atoms with Crippen LogP contribution in [0.15, 0.2) is 53.5 Å². The highest BCUT2D eigenvalue weighted by Gasteiger charge is 2.30. The maximum atomic E-state index is 12.2. The summed E-state index contributed by atoms with van der Waals surface area (Å²) in [5.74, 6) is -0.610. The Bertz CT molecular complexity index is 804. The number of nitrogens with zero attached hydrogens (tertiary/aromatic N) is 1. The molecular weight excluding hydrogens is 516 g/mol. The number of aliphatic hydroxyl groups excluding tert-OH is 1. The van der Waals surface area contributed by atoms with Crippen molar-refractivity contribution in [3.05, 3.63) is 54.1 Å². The fourth-order valence-electron chi connectivity index (χ4n) is 2.12. The van der Waals surface area contributed by atoms with Gasteiger partial charge in [-0.3, -0.25) is 4.99 Å². The lowest BCUT2D eigenvalue weighted by Crippen LogP contribution is -2.23. The molecule has 0 radical (unpaired) electrons. The molecule has 4 N–H and O–H groups in total.